The van der Waals surface area contributed by atoms with Gasteiger partial charge in [-0.2, -0.15) is 0 Å². The van der Waals surface area contributed by atoms with Gasteiger partial charge in [0.15, 0.2) is 0 Å². The third-order valence-electron chi connectivity index (χ3n) is 5.15. The maximum absolute atomic E-state index is 13.1. The molecule has 0 bridgehead atoms. The lowest BCUT2D eigenvalue weighted by Gasteiger charge is -2.34. The lowest BCUT2D eigenvalue weighted by molar-refractivity contribution is 0.0697. The van der Waals surface area contributed by atoms with Gasteiger partial charge in [0.05, 0.1) is 11.3 Å². The van der Waals surface area contributed by atoms with Crippen LogP contribution >= 0.6 is 0 Å². The van der Waals surface area contributed by atoms with Crippen LogP contribution in [0.15, 0.2) is 59.5 Å². The summed E-state index contributed by atoms with van der Waals surface area (Å²) in [7, 11) is 2.11. The number of likely N-dealkylation sites (N-methyl/N-ethyl adjacent to an activating group) is 1. The third kappa shape index (κ3) is 3.19. The van der Waals surface area contributed by atoms with E-state index in [0.717, 1.165) is 37.3 Å². The molecule has 4 rings (SSSR count). The summed E-state index contributed by atoms with van der Waals surface area (Å²) in [6.45, 7) is 3.82. The number of rotatable bonds is 3. The molecular formula is C21H21N3O3. The summed E-state index contributed by atoms with van der Waals surface area (Å²) >= 11 is 0. The Labute approximate surface area is 156 Å². The van der Waals surface area contributed by atoms with Crippen molar-refractivity contribution in [1.29, 1.82) is 0 Å². The Morgan fingerprint density at radius 1 is 1.00 bits per heavy atom. The van der Waals surface area contributed by atoms with Crippen molar-refractivity contribution >= 4 is 22.4 Å². The van der Waals surface area contributed by atoms with E-state index >= 15 is 0 Å². The second kappa shape index (κ2) is 6.89. The number of carboxylic acid groups (broad SMARTS) is 1. The zero-order valence-electron chi connectivity index (χ0n) is 15.1. The minimum absolute atomic E-state index is 0.106. The summed E-state index contributed by atoms with van der Waals surface area (Å²) in [4.78, 5) is 29.2. The van der Waals surface area contributed by atoms with E-state index in [9.17, 15) is 14.7 Å². The number of benzene rings is 2. The van der Waals surface area contributed by atoms with Crippen molar-refractivity contribution in [2.24, 2.45) is 0 Å². The number of carbonyl (C=O) groups is 1. The Kier molecular flexibility index (Phi) is 4.41. The Balaban J connectivity index is 1.82. The first-order valence-corrected chi connectivity index (χ1v) is 8.96. The molecule has 3 aromatic rings. The molecule has 0 unspecified atom stereocenters. The Bertz CT molecular complexity index is 1070. The van der Waals surface area contributed by atoms with Crippen LogP contribution in [0.5, 0.6) is 0 Å². The predicted octanol–water partition coefficient (Wildman–Crippen LogP) is 2.44. The van der Waals surface area contributed by atoms with E-state index in [1.807, 2.05) is 24.3 Å². The predicted molar refractivity (Wildman–Crippen MR) is 106 cm³/mol. The highest BCUT2D eigenvalue weighted by Crippen LogP contribution is 2.22. The van der Waals surface area contributed by atoms with Gasteiger partial charge < -0.3 is 14.9 Å². The summed E-state index contributed by atoms with van der Waals surface area (Å²) in [5.74, 6) is -1.05. The minimum Gasteiger partial charge on any atom is -0.478 e. The molecule has 1 aromatic heterocycles. The van der Waals surface area contributed by atoms with Gasteiger partial charge in [0, 0.05) is 43.4 Å². The van der Waals surface area contributed by atoms with Crippen LogP contribution in [0.1, 0.15) is 10.4 Å². The van der Waals surface area contributed by atoms with Crippen LogP contribution in [0.3, 0.4) is 0 Å². The lowest BCUT2D eigenvalue weighted by Crippen LogP contribution is -2.44. The molecule has 1 aliphatic rings. The minimum atomic E-state index is -1.05. The highest BCUT2D eigenvalue weighted by atomic mass is 16.4. The van der Waals surface area contributed by atoms with Gasteiger partial charge in [-0.05, 0) is 42.8 Å². The summed E-state index contributed by atoms with van der Waals surface area (Å²) in [5.41, 5.74) is 1.30. The number of nitrogens with zero attached hydrogens (tertiary/aromatic N) is 3. The second-order valence-corrected chi connectivity index (χ2v) is 6.88. The Hall–Kier alpha value is -3.12. The molecule has 6 heteroatoms. The van der Waals surface area contributed by atoms with Crippen molar-refractivity contribution < 1.29 is 9.90 Å². The molecule has 138 valence electrons. The summed E-state index contributed by atoms with van der Waals surface area (Å²) < 4.78 is 1.42. The van der Waals surface area contributed by atoms with E-state index < -0.39 is 5.97 Å². The van der Waals surface area contributed by atoms with E-state index in [-0.39, 0.29) is 11.1 Å². The smallest absolute Gasteiger partial charge is 0.337 e. The number of carboxylic acids is 1. The molecule has 1 saturated heterocycles. The molecule has 2 heterocycles. The average molecular weight is 363 g/mol. The number of hydrogen-bond acceptors (Lipinski definition) is 4. The number of aromatic carboxylic acids is 1. The topological polar surface area (TPSA) is 65.8 Å². The van der Waals surface area contributed by atoms with Gasteiger partial charge in [0.25, 0.3) is 5.56 Å². The van der Waals surface area contributed by atoms with E-state index in [0.29, 0.717) is 11.1 Å². The molecule has 0 radical (unpaired) electrons. The second-order valence-electron chi connectivity index (χ2n) is 6.88. The SMILES string of the molecule is CN1CCN(c2ccc3ccn(-c4ccccc4C(=O)O)c(=O)c3c2)CC1. The first-order valence-electron chi connectivity index (χ1n) is 8.96. The molecule has 1 N–H and O–H groups in total. The maximum atomic E-state index is 13.1. The molecule has 0 amide bonds. The maximum Gasteiger partial charge on any atom is 0.337 e. The standard InChI is InChI=1S/C21H21N3O3/c1-22-10-12-23(13-11-22)16-7-6-15-8-9-24(20(25)18(15)14-16)19-5-3-2-4-17(19)21(26)27/h2-9,14H,10-13H2,1H3,(H,26,27). The van der Waals surface area contributed by atoms with E-state index in [2.05, 4.69) is 16.8 Å². The number of aromatic nitrogens is 1. The van der Waals surface area contributed by atoms with Gasteiger partial charge in [-0.15, -0.1) is 0 Å². The monoisotopic (exact) mass is 363 g/mol. The van der Waals surface area contributed by atoms with Gasteiger partial charge in [-0.1, -0.05) is 18.2 Å². The zero-order valence-corrected chi connectivity index (χ0v) is 15.1. The van der Waals surface area contributed by atoms with Crippen LogP contribution < -0.4 is 10.5 Å². The van der Waals surface area contributed by atoms with Crippen LogP contribution in [0.25, 0.3) is 16.5 Å². The van der Waals surface area contributed by atoms with Crippen LogP contribution in [0, 0.1) is 0 Å². The molecule has 1 aliphatic heterocycles. The normalized spacial score (nSPS) is 15.2. The summed E-state index contributed by atoms with van der Waals surface area (Å²) in [5, 5.41) is 10.9. The van der Waals surface area contributed by atoms with Crippen LogP contribution in [0.4, 0.5) is 5.69 Å². The summed E-state index contributed by atoms with van der Waals surface area (Å²) in [6, 6.07) is 14.3. The van der Waals surface area contributed by atoms with Gasteiger partial charge in [-0.3, -0.25) is 9.36 Å². The van der Waals surface area contributed by atoms with Crippen molar-refractivity contribution in [3.8, 4) is 5.69 Å². The molecule has 0 aliphatic carbocycles. The van der Waals surface area contributed by atoms with E-state index in [1.165, 1.54) is 10.6 Å². The fourth-order valence-corrected chi connectivity index (χ4v) is 3.54. The first-order chi connectivity index (χ1) is 13.0. The van der Waals surface area contributed by atoms with E-state index in [1.54, 1.807) is 24.4 Å². The highest BCUT2D eigenvalue weighted by molar-refractivity contribution is 5.92. The molecule has 0 saturated carbocycles. The largest absolute Gasteiger partial charge is 0.478 e. The summed E-state index contributed by atoms with van der Waals surface area (Å²) in [6.07, 6.45) is 1.64. The molecular weight excluding hydrogens is 342 g/mol. The van der Waals surface area contributed by atoms with Gasteiger partial charge in [0.1, 0.15) is 0 Å². The highest BCUT2D eigenvalue weighted by Gasteiger charge is 2.16. The molecule has 27 heavy (non-hydrogen) atoms. The number of fused-ring (bicyclic) bond motifs is 1. The van der Waals surface area contributed by atoms with Crippen molar-refractivity contribution in [1.82, 2.24) is 9.47 Å². The van der Waals surface area contributed by atoms with Crippen molar-refractivity contribution in [2.75, 3.05) is 38.1 Å². The number of piperazine rings is 1. The molecule has 0 spiro atoms. The average Bonchev–Trinajstić information content (AvgIpc) is 2.69. The van der Waals surface area contributed by atoms with Crippen molar-refractivity contribution in [3.05, 3.63) is 70.6 Å². The molecule has 2 aromatic carbocycles. The van der Waals surface area contributed by atoms with Crippen molar-refractivity contribution in [2.45, 2.75) is 0 Å². The van der Waals surface area contributed by atoms with E-state index in [4.69, 9.17) is 0 Å². The fraction of sp³-hybridized carbons (Fsp3) is 0.238. The molecule has 6 nitrogen and oxygen atoms in total. The first kappa shape index (κ1) is 17.3. The van der Waals surface area contributed by atoms with Gasteiger partial charge >= 0.3 is 5.97 Å². The zero-order chi connectivity index (χ0) is 19.0. The van der Waals surface area contributed by atoms with Gasteiger partial charge in [0.2, 0.25) is 0 Å². The third-order valence-corrected chi connectivity index (χ3v) is 5.15. The lowest BCUT2D eigenvalue weighted by atomic mass is 10.1. The number of pyridine rings is 1. The quantitative estimate of drug-likeness (QED) is 0.774. The van der Waals surface area contributed by atoms with Crippen LogP contribution in [-0.4, -0.2) is 53.8 Å². The Morgan fingerprint density at radius 2 is 1.74 bits per heavy atom. The number of anilines is 1. The molecule has 1 fully saturated rings. The fourth-order valence-electron chi connectivity index (χ4n) is 3.54. The Morgan fingerprint density at radius 3 is 2.48 bits per heavy atom. The van der Waals surface area contributed by atoms with Gasteiger partial charge in [-0.25, -0.2) is 4.79 Å². The van der Waals surface area contributed by atoms with Crippen molar-refractivity contribution in [3.63, 3.8) is 0 Å². The van der Waals surface area contributed by atoms with Crippen LogP contribution in [0.2, 0.25) is 0 Å². The van der Waals surface area contributed by atoms with Crippen LogP contribution in [-0.2, 0) is 0 Å². The number of para-hydroxylation sites is 1. The number of hydrogen-bond donors (Lipinski definition) is 1. The molecule has 0 atom stereocenters.